The Labute approximate surface area is 156 Å². The summed E-state index contributed by atoms with van der Waals surface area (Å²) in [7, 11) is 0. The summed E-state index contributed by atoms with van der Waals surface area (Å²) in [6, 6.07) is 15.8. The van der Waals surface area contributed by atoms with E-state index >= 15 is 0 Å². The van der Waals surface area contributed by atoms with E-state index in [1.807, 2.05) is 38.1 Å². The van der Waals surface area contributed by atoms with Gasteiger partial charge < -0.3 is 16.0 Å². The predicted molar refractivity (Wildman–Crippen MR) is 105 cm³/mol. The summed E-state index contributed by atoms with van der Waals surface area (Å²) in [4.78, 5) is 20.8. The SMILES string of the molecule is Cc1cc(C)nc(Nc2cccc(NC(=O)Nc3ccc(Cl)cc3)c2)n1. The van der Waals surface area contributed by atoms with Crippen molar-refractivity contribution in [1.82, 2.24) is 9.97 Å². The Morgan fingerprint density at radius 1 is 0.846 bits per heavy atom. The van der Waals surface area contributed by atoms with Crippen molar-refractivity contribution in [2.24, 2.45) is 0 Å². The molecule has 2 aromatic carbocycles. The lowest BCUT2D eigenvalue weighted by molar-refractivity contribution is 0.262. The van der Waals surface area contributed by atoms with Gasteiger partial charge in [0.25, 0.3) is 0 Å². The van der Waals surface area contributed by atoms with E-state index in [0.717, 1.165) is 17.1 Å². The lowest BCUT2D eigenvalue weighted by atomic mass is 10.2. The van der Waals surface area contributed by atoms with Gasteiger partial charge in [0.1, 0.15) is 0 Å². The molecular weight excluding hydrogens is 350 g/mol. The first kappa shape index (κ1) is 17.7. The zero-order valence-corrected chi connectivity index (χ0v) is 15.1. The molecule has 2 amide bonds. The zero-order valence-electron chi connectivity index (χ0n) is 14.4. The highest BCUT2D eigenvalue weighted by Crippen LogP contribution is 2.19. The molecule has 0 saturated heterocycles. The first-order valence-electron chi connectivity index (χ1n) is 8.01. The number of carbonyl (C=O) groups is 1. The van der Waals surface area contributed by atoms with E-state index in [0.29, 0.717) is 22.3 Å². The molecule has 0 aliphatic rings. The number of aromatic nitrogens is 2. The largest absolute Gasteiger partial charge is 0.324 e. The number of nitrogens with zero attached hydrogens (tertiary/aromatic N) is 2. The van der Waals surface area contributed by atoms with Crippen LogP contribution in [0.3, 0.4) is 0 Å². The highest BCUT2D eigenvalue weighted by molar-refractivity contribution is 6.30. The maximum absolute atomic E-state index is 12.1. The second kappa shape index (κ2) is 7.84. The summed E-state index contributed by atoms with van der Waals surface area (Å²) in [5, 5.41) is 9.30. The Kier molecular flexibility index (Phi) is 5.34. The predicted octanol–water partition coefficient (Wildman–Crippen LogP) is 5.13. The van der Waals surface area contributed by atoms with E-state index in [9.17, 15) is 4.79 Å². The van der Waals surface area contributed by atoms with Gasteiger partial charge in [-0.2, -0.15) is 0 Å². The third-order valence-electron chi connectivity index (χ3n) is 3.46. The molecule has 1 aromatic heterocycles. The van der Waals surface area contributed by atoms with Crippen molar-refractivity contribution in [3.05, 3.63) is 71.0 Å². The van der Waals surface area contributed by atoms with Gasteiger partial charge in [-0.15, -0.1) is 0 Å². The number of anilines is 4. The Balaban J connectivity index is 1.66. The van der Waals surface area contributed by atoms with E-state index in [1.165, 1.54) is 0 Å². The summed E-state index contributed by atoms with van der Waals surface area (Å²) < 4.78 is 0. The molecule has 3 aromatic rings. The zero-order chi connectivity index (χ0) is 18.5. The van der Waals surface area contributed by atoms with Crippen LogP contribution in [0, 0.1) is 13.8 Å². The maximum atomic E-state index is 12.1. The van der Waals surface area contributed by atoms with E-state index in [2.05, 4.69) is 25.9 Å². The number of amides is 2. The quantitative estimate of drug-likeness (QED) is 0.597. The Hall–Kier alpha value is -3.12. The monoisotopic (exact) mass is 367 g/mol. The first-order valence-corrected chi connectivity index (χ1v) is 8.39. The fourth-order valence-electron chi connectivity index (χ4n) is 2.41. The van der Waals surface area contributed by atoms with E-state index in [-0.39, 0.29) is 6.03 Å². The van der Waals surface area contributed by atoms with Crippen LogP contribution in [0.15, 0.2) is 54.6 Å². The number of hydrogen-bond acceptors (Lipinski definition) is 4. The second-order valence-corrected chi connectivity index (χ2v) is 6.20. The molecule has 1 heterocycles. The van der Waals surface area contributed by atoms with Crippen molar-refractivity contribution in [1.29, 1.82) is 0 Å². The normalized spacial score (nSPS) is 10.3. The fraction of sp³-hybridized carbons (Fsp3) is 0.105. The molecule has 132 valence electrons. The molecule has 7 heteroatoms. The maximum Gasteiger partial charge on any atom is 0.323 e. The Morgan fingerprint density at radius 3 is 2.15 bits per heavy atom. The lowest BCUT2D eigenvalue weighted by Gasteiger charge is -2.10. The summed E-state index contributed by atoms with van der Waals surface area (Å²) in [6.45, 7) is 3.83. The van der Waals surface area contributed by atoms with Crippen molar-refractivity contribution in [2.75, 3.05) is 16.0 Å². The summed E-state index contributed by atoms with van der Waals surface area (Å²) in [6.07, 6.45) is 0. The van der Waals surface area contributed by atoms with E-state index < -0.39 is 0 Å². The molecule has 0 aliphatic carbocycles. The highest BCUT2D eigenvalue weighted by atomic mass is 35.5. The fourth-order valence-corrected chi connectivity index (χ4v) is 2.54. The molecular formula is C19H18ClN5O. The van der Waals surface area contributed by atoms with Crippen molar-refractivity contribution in [2.45, 2.75) is 13.8 Å². The number of nitrogens with one attached hydrogen (secondary N) is 3. The van der Waals surface area contributed by atoms with Crippen LogP contribution in [0.1, 0.15) is 11.4 Å². The standard InChI is InChI=1S/C19H18ClN5O/c1-12-10-13(2)22-18(21-12)23-16-4-3-5-17(11-16)25-19(26)24-15-8-6-14(20)7-9-15/h3-11H,1-2H3,(H,21,22,23)(H2,24,25,26). The van der Waals surface area contributed by atoms with Crippen LogP contribution in [-0.4, -0.2) is 16.0 Å². The molecule has 3 N–H and O–H groups in total. The van der Waals surface area contributed by atoms with Crippen molar-refractivity contribution in [3.8, 4) is 0 Å². The molecule has 0 spiro atoms. The number of benzene rings is 2. The van der Waals surface area contributed by atoms with Crippen molar-refractivity contribution < 1.29 is 4.79 Å². The minimum Gasteiger partial charge on any atom is -0.324 e. The summed E-state index contributed by atoms with van der Waals surface area (Å²) in [5.74, 6) is 0.519. The van der Waals surface area contributed by atoms with Gasteiger partial charge in [0, 0.05) is 33.5 Å². The van der Waals surface area contributed by atoms with Crippen LogP contribution < -0.4 is 16.0 Å². The minimum atomic E-state index is -0.341. The van der Waals surface area contributed by atoms with E-state index in [4.69, 9.17) is 11.6 Å². The molecule has 26 heavy (non-hydrogen) atoms. The average molecular weight is 368 g/mol. The molecule has 0 atom stereocenters. The average Bonchev–Trinajstić information content (AvgIpc) is 2.56. The Morgan fingerprint density at radius 2 is 1.46 bits per heavy atom. The van der Waals surface area contributed by atoms with Crippen molar-refractivity contribution >= 4 is 40.6 Å². The number of aryl methyl sites for hydroxylation is 2. The highest BCUT2D eigenvalue weighted by Gasteiger charge is 2.05. The molecule has 0 radical (unpaired) electrons. The molecule has 0 saturated carbocycles. The second-order valence-electron chi connectivity index (χ2n) is 5.77. The van der Waals surface area contributed by atoms with Gasteiger partial charge in [0.15, 0.2) is 0 Å². The van der Waals surface area contributed by atoms with Gasteiger partial charge in [0.05, 0.1) is 0 Å². The van der Waals surface area contributed by atoms with Crippen LogP contribution in [0.2, 0.25) is 5.02 Å². The van der Waals surface area contributed by atoms with E-state index in [1.54, 1.807) is 30.3 Å². The van der Waals surface area contributed by atoms with Crippen LogP contribution in [0.4, 0.5) is 27.8 Å². The minimum absolute atomic E-state index is 0.341. The van der Waals surface area contributed by atoms with Crippen LogP contribution in [0.25, 0.3) is 0 Å². The number of hydrogen-bond donors (Lipinski definition) is 3. The van der Waals surface area contributed by atoms with Gasteiger partial charge in [-0.1, -0.05) is 17.7 Å². The number of urea groups is 1. The van der Waals surface area contributed by atoms with Crippen LogP contribution in [-0.2, 0) is 0 Å². The van der Waals surface area contributed by atoms with Crippen molar-refractivity contribution in [3.63, 3.8) is 0 Å². The molecule has 0 fully saturated rings. The third kappa shape index (κ3) is 4.94. The number of carbonyl (C=O) groups excluding carboxylic acids is 1. The topological polar surface area (TPSA) is 78.9 Å². The summed E-state index contributed by atoms with van der Waals surface area (Å²) in [5.41, 5.74) is 3.85. The molecule has 0 aliphatic heterocycles. The van der Waals surface area contributed by atoms with Crippen LogP contribution in [0.5, 0.6) is 0 Å². The van der Waals surface area contributed by atoms with Gasteiger partial charge in [0.2, 0.25) is 5.95 Å². The molecule has 0 unspecified atom stereocenters. The summed E-state index contributed by atoms with van der Waals surface area (Å²) >= 11 is 5.84. The van der Waals surface area contributed by atoms with Gasteiger partial charge in [-0.05, 0) is 62.4 Å². The number of halogens is 1. The number of rotatable bonds is 4. The van der Waals surface area contributed by atoms with Crippen LogP contribution >= 0.6 is 11.6 Å². The molecule has 6 nitrogen and oxygen atoms in total. The third-order valence-corrected chi connectivity index (χ3v) is 3.71. The molecule has 0 bridgehead atoms. The Bertz CT molecular complexity index is 907. The smallest absolute Gasteiger partial charge is 0.323 e. The molecule has 3 rings (SSSR count). The first-order chi connectivity index (χ1) is 12.5. The lowest BCUT2D eigenvalue weighted by Crippen LogP contribution is -2.19. The van der Waals surface area contributed by atoms with Gasteiger partial charge >= 0.3 is 6.03 Å². The van der Waals surface area contributed by atoms with Gasteiger partial charge in [-0.3, -0.25) is 0 Å². The van der Waals surface area contributed by atoms with Gasteiger partial charge in [-0.25, -0.2) is 14.8 Å².